The number of furan rings is 1. The average Bonchev–Trinajstić information content (AvgIpc) is 3.41. The largest absolute Gasteiger partial charge is 0.459 e. The van der Waals surface area contributed by atoms with Gasteiger partial charge in [0.25, 0.3) is 5.91 Å². The van der Waals surface area contributed by atoms with Crippen molar-refractivity contribution >= 4 is 39.2 Å². The van der Waals surface area contributed by atoms with Crippen LogP contribution in [0.15, 0.2) is 28.9 Å². The molecule has 1 fully saturated rings. The topological polar surface area (TPSA) is 91.6 Å². The summed E-state index contributed by atoms with van der Waals surface area (Å²) in [6.45, 7) is 6.12. The van der Waals surface area contributed by atoms with E-state index in [1.807, 2.05) is 6.92 Å². The first-order chi connectivity index (χ1) is 14.0. The van der Waals surface area contributed by atoms with E-state index in [1.54, 1.807) is 33.3 Å². The van der Waals surface area contributed by atoms with Gasteiger partial charge in [0.05, 0.1) is 18.2 Å². The summed E-state index contributed by atoms with van der Waals surface area (Å²) in [6, 6.07) is 5.44. The van der Waals surface area contributed by atoms with E-state index in [0.717, 1.165) is 16.6 Å². The van der Waals surface area contributed by atoms with Gasteiger partial charge in [-0.2, -0.15) is 0 Å². The van der Waals surface area contributed by atoms with Crippen LogP contribution in [0.4, 0.5) is 5.82 Å². The minimum Gasteiger partial charge on any atom is -0.459 e. The zero-order valence-corrected chi connectivity index (χ0v) is 17.3. The minimum absolute atomic E-state index is 0.00884. The Morgan fingerprint density at radius 1 is 1.21 bits per heavy atom. The Kier molecular flexibility index (Phi) is 5.48. The van der Waals surface area contributed by atoms with Gasteiger partial charge in [-0.25, -0.2) is 9.97 Å². The molecule has 0 atom stereocenters. The highest BCUT2D eigenvalue weighted by molar-refractivity contribution is 7.18. The van der Waals surface area contributed by atoms with Gasteiger partial charge in [0.1, 0.15) is 16.5 Å². The molecular formula is C20H23N5O3S. The van der Waals surface area contributed by atoms with Gasteiger partial charge in [-0.05, 0) is 31.5 Å². The number of nitrogens with zero attached hydrogens (tertiary/aromatic N) is 4. The number of amides is 2. The first kappa shape index (κ1) is 19.4. The lowest BCUT2D eigenvalue weighted by Crippen LogP contribution is -2.51. The first-order valence-electron chi connectivity index (χ1n) is 9.66. The van der Waals surface area contributed by atoms with Crippen LogP contribution in [0.25, 0.3) is 10.2 Å². The molecule has 0 radical (unpaired) electrons. The summed E-state index contributed by atoms with van der Waals surface area (Å²) in [4.78, 5) is 39.6. The summed E-state index contributed by atoms with van der Waals surface area (Å²) in [6.07, 6.45) is 2.43. The van der Waals surface area contributed by atoms with Gasteiger partial charge in [0.15, 0.2) is 5.76 Å². The molecule has 9 heteroatoms. The van der Waals surface area contributed by atoms with Crippen molar-refractivity contribution in [2.45, 2.75) is 20.3 Å². The molecule has 1 aliphatic heterocycles. The standard InChI is InChI=1S/C20H23N5O3S/c1-3-14-11-15-18(22-13(2)23-19(15)29-14)21-12-17(26)24-6-8-25(9-7-24)20(27)16-5-4-10-28-16/h4-5,10-11H,3,6-9,12H2,1-2H3,(H,21,22,23). The van der Waals surface area contributed by atoms with Gasteiger partial charge in [0, 0.05) is 31.1 Å². The molecule has 0 aromatic carbocycles. The second-order valence-corrected chi connectivity index (χ2v) is 8.02. The van der Waals surface area contributed by atoms with Crippen molar-refractivity contribution < 1.29 is 14.0 Å². The Balaban J connectivity index is 1.36. The summed E-state index contributed by atoms with van der Waals surface area (Å²) in [5, 5.41) is 4.15. The Hall–Kier alpha value is -2.94. The van der Waals surface area contributed by atoms with Gasteiger partial charge in [-0.1, -0.05) is 6.92 Å². The monoisotopic (exact) mass is 413 g/mol. The fraction of sp³-hybridized carbons (Fsp3) is 0.400. The summed E-state index contributed by atoms with van der Waals surface area (Å²) < 4.78 is 5.17. The third kappa shape index (κ3) is 4.09. The highest BCUT2D eigenvalue weighted by Gasteiger charge is 2.26. The first-order valence-corrected chi connectivity index (χ1v) is 10.5. The van der Waals surface area contributed by atoms with E-state index in [-0.39, 0.29) is 18.4 Å². The number of nitrogens with one attached hydrogen (secondary N) is 1. The zero-order valence-electron chi connectivity index (χ0n) is 16.5. The highest BCUT2D eigenvalue weighted by atomic mass is 32.1. The van der Waals surface area contributed by atoms with Gasteiger partial charge in [-0.15, -0.1) is 11.3 Å². The summed E-state index contributed by atoms with van der Waals surface area (Å²) in [7, 11) is 0. The van der Waals surface area contributed by atoms with Crippen molar-refractivity contribution in [3.05, 3.63) is 40.9 Å². The average molecular weight is 414 g/mol. The van der Waals surface area contributed by atoms with Crippen LogP contribution in [0.2, 0.25) is 0 Å². The molecule has 29 heavy (non-hydrogen) atoms. The molecule has 0 spiro atoms. The molecule has 0 unspecified atom stereocenters. The summed E-state index contributed by atoms with van der Waals surface area (Å²) in [5.74, 6) is 1.57. The van der Waals surface area contributed by atoms with Crippen LogP contribution >= 0.6 is 11.3 Å². The number of carbonyl (C=O) groups excluding carboxylic acids is 2. The van der Waals surface area contributed by atoms with E-state index in [1.165, 1.54) is 11.1 Å². The maximum atomic E-state index is 12.7. The number of anilines is 1. The number of carbonyl (C=O) groups is 2. The normalized spacial score (nSPS) is 14.4. The Bertz CT molecular complexity index is 1020. The van der Waals surface area contributed by atoms with Crippen molar-refractivity contribution in [3.8, 4) is 0 Å². The second kappa shape index (κ2) is 8.20. The molecule has 3 aromatic rings. The molecule has 1 N–H and O–H groups in total. The molecule has 4 heterocycles. The SMILES string of the molecule is CCc1cc2c(NCC(=O)N3CCN(C(=O)c4ccco4)CC3)nc(C)nc2s1. The van der Waals surface area contributed by atoms with E-state index in [0.29, 0.717) is 43.6 Å². The molecule has 1 saturated heterocycles. The quantitative estimate of drug-likeness (QED) is 0.691. The van der Waals surface area contributed by atoms with Crippen molar-refractivity contribution in [1.82, 2.24) is 19.8 Å². The number of rotatable bonds is 5. The van der Waals surface area contributed by atoms with Crippen LogP contribution in [0.5, 0.6) is 0 Å². The number of piperazine rings is 1. The van der Waals surface area contributed by atoms with Crippen LogP contribution in [0.3, 0.4) is 0 Å². The number of aryl methyl sites for hydroxylation is 2. The minimum atomic E-state index is -0.136. The van der Waals surface area contributed by atoms with Crippen LogP contribution in [0, 0.1) is 6.92 Å². The Morgan fingerprint density at radius 3 is 2.66 bits per heavy atom. The smallest absolute Gasteiger partial charge is 0.289 e. The lowest BCUT2D eigenvalue weighted by atomic mass is 10.2. The lowest BCUT2D eigenvalue weighted by molar-refractivity contribution is -0.130. The van der Waals surface area contributed by atoms with Crippen molar-refractivity contribution in [2.75, 3.05) is 38.0 Å². The molecule has 3 aromatic heterocycles. The molecule has 0 bridgehead atoms. The second-order valence-electron chi connectivity index (χ2n) is 6.91. The maximum absolute atomic E-state index is 12.7. The van der Waals surface area contributed by atoms with E-state index >= 15 is 0 Å². The number of hydrogen-bond donors (Lipinski definition) is 1. The number of hydrogen-bond acceptors (Lipinski definition) is 7. The summed E-state index contributed by atoms with van der Waals surface area (Å²) >= 11 is 1.66. The molecule has 4 rings (SSSR count). The predicted molar refractivity (Wildman–Crippen MR) is 111 cm³/mol. The van der Waals surface area contributed by atoms with Crippen LogP contribution in [-0.2, 0) is 11.2 Å². The fourth-order valence-corrected chi connectivity index (χ4v) is 4.39. The molecule has 0 saturated carbocycles. The molecule has 8 nitrogen and oxygen atoms in total. The zero-order chi connectivity index (χ0) is 20.4. The Labute approximate surface area is 172 Å². The van der Waals surface area contributed by atoms with E-state index < -0.39 is 0 Å². The third-order valence-electron chi connectivity index (χ3n) is 4.96. The van der Waals surface area contributed by atoms with E-state index in [2.05, 4.69) is 28.3 Å². The lowest BCUT2D eigenvalue weighted by Gasteiger charge is -2.34. The van der Waals surface area contributed by atoms with Crippen LogP contribution in [-0.4, -0.2) is 64.3 Å². The highest BCUT2D eigenvalue weighted by Crippen LogP contribution is 2.29. The molecule has 1 aliphatic rings. The molecule has 0 aliphatic carbocycles. The Morgan fingerprint density at radius 2 is 1.97 bits per heavy atom. The predicted octanol–water partition coefficient (Wildman–Crippen LogP) is 2.55. The van der Waals surface area contributed by atoms with Crippen molar-refractivity contribution in [3.63, 3.8) is 0 Å². The molecular weight excluding hydrogens is 390 g/mol. The number of thiophene rings is 1. The van der Waals surface area contributed by atoms with Crippen molar-refractivity contribution in [2.24, 2.45) is 0 Å². The fourth-order valence-electron chi connectivity index (χ4n) is 3.37. The van der Waals surface area contributed by atoms with Gasteiger partial charge in [-0.3, -0.25) is 9.59 Å². The number of fused-ring (bicyclic) bond motifs is 1. The van der Waals surface area contributed by atoms with Gasteiger partial charge in [0.2, 0.25) is 5.91 Å². The molecule has 2 amide bonds. The third-order valence-corrected chi connectivity index (χ3v) is 6.14. The van der Waals surface area contributed by atoms with Crippen LogP contribution in [0.1, 0.15) is 28.2 Å². The summed E-state index contributed by atoms with van der Waals surface area (Å²) in [5.41, 5.74) is 0. The van der Waals surface area contributed by atoms with Gasteiger partial charge >= 0.3 is 0 Å². The van der Waals surface area contributed by atoms with Crippen LogP contribution < -0.4 is 5.32 Å². The van der Waals surface area contributed by atoms with Gasteiger partial charge < -0.3 is 19.5 Å². The van der Waals surface area contributed by atoms with E-state index in [4.69, 9.17) is 4.42 Å². The van der Waals surface area contributed by atoms with E-state index in [9.17, 15) is 9.59 Å². The molecule has 152 valence electrons. The number of aromatic nitrogens is 2. The van der Waals surface area contributed by atoms with Crippen molar-refractivity contribution in [1.29, 1.82) is 0 Å². The maximum Gasteiger partial charge on any atom is 0.289 e.